The first kappa shape index (κ1) is 19.3. The van der Waals surface area contributed by atoms with Crippen molar-refractivity contribution in [2.24, 2.45) is 11.8 Å². The molecule has 4 nitrogen and oxygen atoms in total. The molecule has 1 heterocycles. The van der Waals surface area contributed by atoms with Gasteiger partial charge < -0.3 is 4.74 Å². The van der Waals surface area contributed by atoms with Gasteiger partial charge in [0.05, 0.1) is 31.6 Å². The van der Waals surface area contributed by atoms with E-state index in [-0.39, 0.29) is 42.0 Å². The van der Waals surface area contributed by atoms with Crippen LogP contribution in [0.15, 0.2) is 85.5 Å². The third-order valence-electron chi connectivity index (χ3n) is 5.85. The van der Waals surface area contributed by atoms with Gasteiger partial charge in [0.25, 0.3) is 0 Å². The van der Waals surface area contributed by atoms with Gasteiger partial charge in [0, 0.05) is 11.8 Å². The first-order valence-corrected chi connectivity index (χ1v) is 10.0. The number of carbonyl (C=O) groups is 2. The monoisotopic (exact) mass is 387 g/mol. The molecule has 1 fully saturated rings. The van der Waals surface area contributed by atoms with Crippen LogP contribution >= 0.6 is 0 Å². The van der Waals surface area contributed by atoms with Crippen molar-refractivity contribution >= 4 is 11.8 Å². The lowest BCUT2D eigenvalue weighted by Gasteiger charge is -2.32. The van der Waals surface area contributed by atoms with Crippen LogP contribution in [-0.4, -0.2) is 36.5 Å². The van der Waals surface area contributed by atoms with E-state index in [1.807, 2.05) is 60.7 Å². The van der Waals surface area contributed by atoms with E-state index >= 15 is 0 Å². The van der Waals surface area contributed by atoms with Crippen LogP contribution in [-0.2, 0) is 14.3 Å². The van der Waals surface area contributed by atoms with Crippen molar-refractivity contribution in [3.8, 4) is 0 Å². The second-order valence-corrected chi connectivity index (χ2v) is 7.50. The molecule has 0 radical (unpaired) electrons. The smallest absolute Gasteiger partial charge is 0.234 e. The van der Waals surface area contributed by atoms with Gasteiger partial charge in [-0.25, -0.2) is 0 Å². The molecule has 2 aromatic rings. The van der Waals surface area contributed by atoms with Gasteiger partial charge in [-0.15, -0.1) is 6.58 Å². The van der Waals surface area contributed by atoms with E-state index in [9.17, 15) is 9.59 Å². The van der Waals surface area contributed by atoms with Crippen LogP contribution in [0.2, 0.25) is 0 Å². The van der Waals surface area contributed by atoms with Gasteiger partial charge in [0.1, 0.15) is 0 Å². The van der Waals surface area contributed by atoms with E-state index in [4.69, 9.17) is 4.74 Å². The fourth-order valence-electron chi connectivity index (χ4n) is 4.54. The molecule has 1 aliphatic heterocycles. The van der Waals surface area contributed by atoms with E-state index in [1.165, 1.54) is 4.90 Å². The normalized spacial score (nSPS) is 25.9. The van der Waals surface area contributed by atoms with Crippen LogP contribution in [0.25, 0.3) is 0 Å². The summed E-state index contributed by atoms with van der Waals surface area (Å²) >= 11 is 0. The second kappa shape index (κ2) is 8.58. The lowest BCUT2D eigenvalue weighted by Crippen LogP contribution is -2.34. The molecule has 4 heteroatoms. The SMILES string of the molecule is C=CCOCCN1C(=O)[C@@H]2[C@@H](C1=O)[C@@H](c1ccccc1)C=C[C@@H]2c1ccccc1. The largest absolute Gasteiger partial charge is 0.376 e. The van der Waals surface area contributed by atoms with Crippen molar-refractivity contribution in [1.29, 1.82) is 0 Å². The number of allylic oxidation sites excluding steroid dienone is 2. The first-order chi connectivity index (χ1) is 14.2. The Kier molecular flexibility index (Phi) is 5.72. The Morgan fingerprint density at radius 3 is 1.76 bits per heavy atom. The zero-order valence-electron chi connectivity index (χ0n) is 16.3. The highest BCUT2D eigenvalue weighted by molar-refractivity contribution is 6.06. The zero-order chi connectivity index (χ0) is 20.2. The molecule has 0 bridgehead atoms. The summed E-state index contributed by atoms with van der Waals surface area (Å²) in [5.41, 5.74) is 2.13. The minimum atomic E-state index is -0.389. The standard InChI is InChI=1S/C25H25NO3/c1-2-16-29-17-15-26-24(27)22-20(18-9-5-3-6-10-18)13-14-21(23(22)25(26)28)19-11-7-4-8-12-19/h2-14,20-23H,1,15-17H2/t20-,21-,22+,23+/m1/s1. The molecular weight excluding hydrogens is 362 g/mol. The molecule has 2 amide bonds. The number of hydrogen-bond acceptors (Lipinski definition) is 3. The Hall–Kier alpha value is -2.98. The fourth-order valence-corrected chi connectivity index (χ4v) is 4.54. The number of fused-ring (bicyclic) bond motifs is 1. The quantitative estimate of drug-likeness (QED) is 0.411. The van der Waals surface area contributed by atoms with Crippen LogP contribution in [0.3, 0.4) is 0 Å². The van der Waals surface area contributed by atoms with Crippen LogP contribution in [0, 0.1) is 11.8 Å². The summed E-state index contributed by atoms with van der Waals surface area (Å²) < 4.78 is 5.44. The number of hydrogen-bond donors (Lipinski definition) is 0. The van der Waals surface area contributed by atoms with E-state index in [0.717, 1.165) is 11.1 Å². The molecule has 1 aliphatic carbocycles. The van der Waals surface area contributed by atoms with E-state index in [1.54, 1.807) is 6.08 Å². The molecule has 29 heavy (non-hydrogen) atoms. The number of amides is 2. The van der Waals surface area contributed by atoms with Gasteiger partial charge in [-0.3, -0.25) is 14.5 Å². The summed E-state index contributed by atoms with van der Waals surface area (Å²) in [6.07, 6.45) is 5.88. The maximum absolute atomic E-state index is 13.4. The van der Waals surface area contributed by atoms with Crippen LogP contribution in [0.5, 0.6) is 0 Å². The van der Waals surface area contributed by atoms with Crippen LogP contribution in [0.4, 0.5) is 0 Å². The summed E-state index contributed by atoms with van der Waals surface area (Å²) in [5.74, 6) is -1.17. The van der Waals surface area contributed by atoms with Crippen molar-refractivity contribution < 1.29 is 14.3 Å². The lowest BCUT2D eigenvalue weighted by molar-refractivity contribution is -0.140. The van der Waals surface area contributed by atoms with E-state index in [0.29, 0.717) is 13.2 Å². The number of ether oxygens (including phenoxy) is 1. The van der Waals surface area contributed by atoms with Crippen molar-refractivity contribution in [1.82, 2.24) is 4.90 Å². The molecular formula is C25H25NO3. The predicted molar refractivity (Wildman–Crippen MR) is 112 cm³/mol. The number of rotatable bonds is 7. The minimum Gasteiger partial charge on any atom is -0.376 e. The van der Waals surface area contributed by atoms with Crippen molar-refractivity contribution in [2.75, 3.05) is 19.8 Å². The highest BCUT2D eigenvalue weighted by atomic mass is 16.5. The second-order valence-electron chi connectivity index (χ2n) is 7.50. The first-order valence-electron chi connectivity index (χ1n) is 10.0. The maximum Gasteiger partial charge on any atom is 0.234 e. The summed E-state index contributed by atoms with van der Waals surface area (Å²) in [6.45, 7) is 4.63. The molecule has 4 rings (SSSR count). The van der Waals surface area contributed by atoms with Crippen molar-refractivity contribution in [2.45, 2.75) is 11.8 Å². The number of benzene rings is 2. The fraction of sp³-hybridized carbons (Fsp3) is 0.280. The molecule has 0 aromatic heterocycles. The average molecular weight is 387 g/mol. The molecule has 0 spiro atoms. The van der Waals surface area contributed by atoms with Crippen molar-refractivity contribution in [3.63, 3.8) is 0 Å². The highest BCUT2D eigenvalue weighted by Crippen LogP contribution is 2.49. The summed E-state index contributed by atoms with van der Waals surface area (Å²) in [7, 11) is 0. The molecule has 2 aliphatic rings. The Morgan fingerprint density at radius 1 is 0.828 bits per heavy atom. The summed E-state index contributed by atoms with van der Waals surface area (Å²) in [6, 6.07) is 20.0. The highest BCUT2D eigenvalue weighted by Gasteiger charge is 2.54. The maximum atomic E-state index is 13.4. The summed E-state index contributed by atoms with van der Waals surface area (Å²) in [5, 5.41) is 0. The minimum absolute atomic E-state index is 0.0960. The Bertz CT molecular complexity index is 839. The van der Waals surface area contributed by atoms with Gasteiger partial charge >= 0.3 is 0 Å². The van der Waals surface area contributed by atoms with Crippen LogP contribution in [0.1, 0.15) is 23.0 Å². The Labute approximate surface area is 171 Å². The molecule has 0 N–H and O–H groups in total. The average Bonchev–Trinajstić information content (AvgIpc) is 3.02. The number of carbonyl (C=O) groups excluding carboxylic acids is 2. The lowest BCUT2D eigenvalue weighted by atomic mass is 9.68. The molecule has 0 saturated carbocycles. The zero-order valence-corrected chi connectivity index (χ0v) is 16.3. The Morgan fingerprint density at radius 2 is 1.31 bits per heavy atom. The van der Waals surface area contributed by atoms with Gasteiger partial charge in [-0.2, -0.15) is 0 Å². The van der Waals surface area contributed by atoms with E-state index < -0.39 is 0 Å². The van der Waals surface area contributed by atoms with Gasteiger partial charge in [-0.05, 0) is 11.1 Å². The number of imide groups is 1. The number of nitrogens with zero attached hydrogens (tertiary/aromatic N) is 1. The Balaban J connectivity index is 1.69. The predicted octanol–water partition coefficient (Wildman–Crippen LogP) is 3.93. The third-order valence-corrected chi connectivity index (χ3v) is 5.85. The topological polar surface area (TPSA) is 46.6 Å². The van der Waals surface area contributed by atoms with Crippen LogP contribution < -0.4 is 0 Å². The van der Waals surface area contributed by atoms with Gasteiger partial charge in [0.15, 0.2) is 0 Å². The molecule has 4 atom stereocenters. The summed E-state index contributed by atoms with van der Waals surface area (Å²) in [4.78, 5) is 28.1. The molecule has 1 saturated heterocycles. The van der Waals surface area contributed by atoms with Crippen molar-refractivity contribution in [3.05, 3.63) is 96.6 Å². The molecule has 148 valence electrons. The molecule has 2 aromatic carbocycles. The molecule has 0 unspecified atom stereocenters. The van der Waals surface area contributed by atoms with E-state index in [2.05, 4.69) is 18.7 Å². The van der Waals surface area contributed by atoms with Gasteiger partial charge in [0.2, 0.25) is 11.8 Å². The van der Waals surface area contributed by atoms with Gasteiger partial charge in [-0.1, -0.05) is 78.9 Å². The number of likely N-dealkylation sites (tertiary alicyclic amines) is 1. The third kappa shape index (κ3) is 3.68.